The van der Waals surface area contributed by atoms with E-state index in [-0.39, 0.29) is 35.9 Å². The highest BCUT2D eigenvalue weighted by molar-refractivity contribution is 6.16. The average molecular weight is 294 g/mol. The highest BCUT2D eigenvalue weighted by atomic mass is 35.5. The van der Waals surface area contributed by atoms with E-state index in [0.717, 1.165) is 0 Å². The Bertz CT molecular complexity index is 455. The van der Waals surface area contributed by atoms with Crippen molar-refractivity contribution < 1.29 is 23.0 Å². The predicted octanol–water partition coefficient (Wildman–Crippen LogP) is 2.87. The zero-order chi connectivity index (χ0) is 14.4. The topological polar surface area (TPSA) is 48.4 Å². The van der Waals surface area contributed by atoms with E-state index >= 15 is 0 Å². The number of carbonyl (C=O) groups is 1. The molecule has 0 fully saturated rings. The Balaban J connectivity index is 3.21. The summed E-state index contributed by atoms with van der Waals surface area (Å²) in [5.41, 5.74) is -0.200. The van der Waals surface area contributed by atoms with Gasteiger partial charge in [0, 0.05) is 11.6 Å². The second-order valence-electron chi connectivity index (χ2n) is 3.60. The van der Waals surface area contributed by atoms with Gasteiger partial charge in [-0.15, -0.1) is 11.6 Å². The molecule has 7 heteroatoms. The van der Waals surface area contributed by atoms with Gasteiger partial charge in [0.25, 0.3) is 6.43 Å². The molecule has 0 radical (unpaired) electrons. The molecule has 106 valence electrons. The zero-order valence-corrected chi connectivity index (χ0v) is 11.3. The van der Waals surface area contributed by atoms with Crippen molar-refractivity contribution in [3.63, 3.8) is 0 Å². The normalized spacial score (nSPS) is 10.6. The maximum Gasteiger partial charge on any atom is 0.310 e. The van der Waals surface area contributed by atoms with Crippen LogP contribution < -0.4 is 4.74 Å². The molecule has 0 amide bonds. The Hall–Kier alpha value is -1.43. The lowest BCUT2D eigenvalue weighted by Crippen LogP contribution is -2.12. The van der Waals surface area contributed by atoms with E-state index in [1.165, 1.54) is 13.2 Å². The molecule has 0 unspecified atom stereocenters. The molecule has 4 nitrogen and oxygen atoms in total. The molecule has 0 aliphatic rings. The quantitative estimate of drug-likeness (QED) is 0.598. The first kappa shape index (κ1) is 15.6. The van der Waals surface area contributed by atoms with Gasteiger partial charge < -0.3 is 9.47 Å². The lowest BCUT2D eigenvalue weighted by Gasteiger charge is -2.14. The third kappa shape index (κ3) is 4.02. The fraction of sp³-hybridized carbons (Fsp3) is 0.500. The molecule has 0 saturated carbocycles. The molecule has 19 heavy (non-hydrogen) atoms. The number of rotatable bonds is 6. The summed E-state index contributed by atoms with van der Waals surface area (Å²) in [4.78, 5) is 15.2. The second-order valence-corrected chi connectivity index (χ2v) is 3.86. The highest BCUT2D eigenvalue weighted by Crippen LogP contribution is 2.30. The van der Waals surface area contributed by atoms with Gasteiger partial charge >= 0.3 is 5.97 Å². The maximum absolute atomic E-state index is 13.0. The number of hydrogen-bond donors (Lipinski definition) is 0. The molecule has 0 aromatic carbocycles. The van der Waals surface area contributed by atoms with Gasteiger partial charge in [0.2, 0.25) is 0 Å². The van der Waals surface area contributed by atoms with Crippen LogP contribution in [0.4, 0.5) is 8.78 Å². The largest absolute Gasteiger partial charge is 0.496 e. The van der Waals surface area contributed by atoms with E-state index in [9.17, 15) is 13.6 Å². The minimum Gasteiger partial charge on any atom is -0.496 e. The number of pyridine rings is 1. The summed E-state index contributed by atoms with van der Waals surface area (Å²) >= 11 is 5.59. The van der Waals surface area contributed by atoms with Crippen molar-refractivity contribution in [3.05, 3.63) is 23.0 Å². The van der Waals surface area contributed by atoms with Crippen LogP contribution in [0.2, 0.25) is 0 Å². The van der Waals surface area contributed by atoms with Gasteiger partial charge in [0.15, 0.2) is 0 Å². The van der Waals surface area contributed by atoms with Crippen LogP contribution in [0, 0.1) is 0 Å². The van der Waals surface area contributed by atoms with Crippen molar-refractivity contribution in [1.29, 1.82) is 0 Å². The van der Waals surface area contributed by atoms with Gasteiger partial charge in [-0.1, -0.05) is 0 Å². The molecular weight excluding hydrogens is 280 g/mol. The molecule has 0 saturated heterocycles. The van der Waals surface area contributed by atoms with Gasteiger partial charge in [0.1, 0.15) is 11.4 Å². The van der Waals surface area contributed by atoms with Crippen LogP contribution in [0.25, 0.3) is 0 Å². The van der Waals surface area contributed by atoms with Crippen LogP contribution in [0.15, 0.2) is 6.07 Å². The zero-order valence-electron chi connectivity index (χ0n) is 10.6. The lowest BCUT2D eigenvalue weighted by molar-refractivity contribution is -0.142. The van der Waals surface area contributed by atoms with Crippen LogP contribution in [0.3, 0.4) is 0 Å². The summed E-state index contributed by atoms with van der Waals surface area (Å²) < 4.78 is 35.7. The van der Waals surface area contributed by atoms with Crippen LogP contribution >= 0.6 is 11.6 Å². The number of ether oxygens (including phenoxy) is 2. The number of halogens is 3. The molecule has 0 aliphatic carbocycles. The standard InChI is InChI=1S/C12H14ClF2NO3/c1-3-19-10(17)5-8-9(18-2)4-7(6-13)16-11(8)12(14)15/h4,12H,3,5-6H2,1-2H3. The molecule has 1 heterocycles. The van der Waals surface area contributed by atoms with Crippen molar-refractivity contribution in [3.8, 4) is 5.75 Å². The Morgan fingerprint density at radius 3 is 2.68 bits per heavy atom. The third-order valence-corrected chi connectivity index (χ3v) is 2.63. The van der Waals surface area contributed by atoms with Crippen molar-refractivity contribution in [2.24, 2.45) is 0 Å². The Kier molecular flexibility index (Phi) is 5.95. The fourth-order valence-electron chi connectivity index (χ4n) is 1.58. The molecule has 0 atom stereocenters. The molecule has 1 aromatic heterocycles. The first-order valence-corrected chi connectivity index (χ1v) is 6.13. The van der Waals surface area contributed by atoms with E-state index in [1.54, 1.807) is 6.92 Å². The Labute approximate surface area is 114 Å². The lowest BCUT2D eigenvalue weighted by atomic mass is 10.1. The van der Waals surface area contributed by atoms with E-state index in [1.807, 2.05) is 0 Å². The van der Waals surface area contributed by atoms with E-state index in [2.05, 4.69) is 4.98 Å². The van der Waals surface area contributed by atoms with Crippen LogP contribution in [0.1, 0.15) is 30.3 Å². The number of carbonyl (C=O) groups excluding carboxylic acids is 1. The Morgan fingerprint density at radius 1 is 1.53 bits per heavy atom. The summed E-state index contributed by atoms with van der Waals surface area (Å²) in [6, 6.07) is 1.44. The monoisotopic (exact) mass is 293 g/mol. The summed E-state index contributed by atoms with van der Waals surface area (Å²) in [5, 5.41) is 0. The molecule has 1 aromatic rings. The number of nitrogens with zero attached hydrogens (tertiary/aromatic N) is 1. The third-order valence-electron chi connectivity index (χ3n) is 2.36. The van der Waals surface area contributed by atoms with Crippen molar-refractivity contribution in [2.75, 3.05) is 13.7 Å². The number of methoxy groups -OCH3 is 1. The van der Waals surface area contributed by atoms with Crippen molar-refractivity contribution in [2.45, 2.75) is 25.7 Å². The van der Waals surface area contributed by atoms with Crippen LogP contribution in [-0.4, -0.2) is 24.7 Å². The second kappa shape index (κ2) is 7.23. The van der Waals surface area contributed by atoms with Crippen LogP contribution in [0.5, 0.6) is 5.75 Å². The summed E-state index contributed by atoms with van der Waals surface area (Å²) in [7, 11) is 1.33. The van der Waals surface area contributed by atoms with Gasteiger partial charge in [-0.2, -0.15) is 0 Å². The summed E-state index contributed by atoms with van der Waals surface area (Å²) in [5.74, 6) is -0.465. The molecule has 0 spiro atoms. The molecule has 0 aliphatic heterocycles. The van der Waals surface area contributed by atoms with Gasteiger partial charge in [-0.05, 0) is 6.92 Å². The maximum atomic E-state index is 13.0. The molecular formula is C12H14ClF2NO3. The number of hydrogen-bond acceptors (Lipinski definition) is 4. The highest BCUT2D eigenvalue weighted by Gasteiger charge is 2.22. The number of esters is 1. The predicted molar refractivity (Wildman–Crippen MR) is 65.6 cm³/mol. The first-order valence-electron chi connectivity index (χ1n) is 5.59. The summed E-state index contributed by atoms with van der Waals surface area (Å²) in [6.07, 6.45) is -3.13. The SMILES string of the molecule is CCOC(=O)Cc1c(OC)cc(CCl)nc1C(F)F. The van der Waals surface area contributed by atoms with Crippen molar-refractivity contribution in [1.82, 2.24) is 4.98 Å². The fourth-order valence-corrected chi connectivity index (χ4v) is 1.72. The minimum atomic E-state index is -2.82. The minimum absolute atomic E-state index is 0.0181. The van der Waals surface area contributed by atoms with Crippen molar-refractivity contribution >= 4 is 17.6 Å². The number of alkyl halides is 3. The molecule has 0 N–H and O–H groups in total. The average Bonchev–Trinajstić information content (AvgIpc) is 2.38. The van der Waals surface area contributed by atoms with Gasteiger partial charge in [0.05, 0.1) is 31.7 Å². The first-order chi connectivity index (χ1) is 9.03. The molecule has 1 rings (SSSR count). The number of aromatic nitrogens is 1. The van der Waals surface area contributed by atoms with Gasteiger partial charge in [-0.25, -0.2) is 8.78 Å². The smallest absolute Gasteiger partial charge is 0.310 e. The van der Waals surface area contributed by atoms with E-state index in [4.69, 9.17) is 21.1 Å². The van der Waals surface area contributed by atoms with Gasteiger partial charge in [-0.3, -0.25) is 9.78 Å². The summed E-state index contributed by atoms with van der Waals surface area (Å²) in [6.45, 7) is 1.82. The van der Waals surface area contributed by atoms with Crippen LogP contribution in [-0.2, 0) is 21.8 Å². The van der Waals surface area contributed by atoms with E-state index < -0.39 is 18.1 Å². The Morgan fingerprint density at radius 2 is 2.21 bits per heavy atom. The molecule has 0 bridgehead atoms. The van der Waals surface area contributed by atoms with E-state index in [0.29, 0.717) is 0 Å².